The molecule has 2 nitrogen and oxygen atoms in total. The van der Waals surface area contributed by atoms with Crippen LogP contribution in [0.15, 0.2) is 11.4 Å². The summed E-state index contributed by atoms with van der Waals surface area (Å²) >= 11 is 1.81. The highest BCUT2D eigenvalue weighted by Crippen LogP contribution is 2.20. The predicted molar refractivity (Wildman–Crippen MR) is 81.3 cm³/mol. The van der Waals surface area contributed by atoms with Crippen LogP contribution in [0.4, 0.5) is 0 Å². The summed E-state index contributed by atoms with van der Waals surface area (Å²) in [4.78, 5) is 3.95. The summed E-state index contributed by atoms with van der Waals surface area (Å²) in [5.74, 6) is 6.21. The molecule has 0 atom stereocenters. The van der Waals surface area contributed by atoms with Crippen molar-refractivity contribution in [3.8, 4) is 11.8 Å². The van der Waals surface area contributed by atoms with Crippen molar-refractivity contribution in [2.75, 3.05) is 19.7 Å². The summed E-state index contributed by atoms with van der Waals surface area (Å²) < 4.78 is 0. The molecule has 104 valence electrons. The third-order valence-corrected chi connectivity index (χ3v) is 4.43. The van der Waals surface area contributed by atoms with Gasteiger partial charge < -0.3 is 5.11 Å². The van der Waals surface area contributed by atoms with Gasteiger partial charge in [-0.25, -0.2) is 0 Å². The molecule has 2 rings (SSSR count). The van der Waals surface area contributed by atoms with Crippen LogP contribution in [0.3, 0.4) is 0 Å². The first-order valence-corrected chi connectivity index (χ1v) is 8.16. The van der Waals surface area contributed by atoms with Crippen molar-refractivity contribution in [1.82, 2.24) is 4.90 Å². The van der Waals surface area contributed by atoms with Gasteiger partial charge in [0.2, 0.25) is 0 Å². The molecule has 0 aliphatic carbocycles. The van der Waals surface area contributed by atoms with Crippen LogP contribution >= 0.6 is 11.3 Å². The number of hydrogen-bond acceptors (Lipinski definition) is 3. The molecule has 19 heavy (non-hydrogen) atoms. The second-order valence-electron chi connectivity index (χ2n) is 5.08. The fourth-order valence-corrected chi connectivity index (χ4v) is 3.33. The smallest absolute Gasteiger partial charge is 0.0540 e. The molecule has 0 aromatic carbocycles. The first-order chi connectivity index (χ1) is 9.40. The fourth-order valence-electron chi connectivity index (χ4n) is 2.46. The average molecular weight is 277 g/mol. The lowest BCUT2D eigenvalue weighted by Crippen LogP contribution is -2.26. The summed E-state index contributed by atoms with van der Waals surface area (Å²) in [5.41, 5.74) is 1.15. The van der Waals surface area contributed by atoms with Crippen molar-refractivity contribution in [3.63, 3.8) is 0 Å². The maximum atomic E-state index is 8.77. The zero-order chi connectivity index (χ0) is 13.3. The molecule has 1 aromatic heterocycles. The Bertz CT molecular complexity index is 421. The lowest BCUT2D eigenvalue weighted by atomic mass is 10.1. The molecular weight excluding hydrogens is 254 g/mol. The molecule has 3 heteroatoms. The summed E-state index contributed by atoms with van der Waals surface area (Å²) in [5, 5.41) is 10.9. The first kappa shape index (κ1) is 14.6. The lowest BCUT2D eigenvalue weighted by Gasteiger charge is -2.24. The maximum Gasteiger partial charge on any atom is 0.0540 e. The van der Waals surface area contributed by atoms with Gasteiger partial charge in [0.1, 0.15) is 0 Å². The highest BCUT2D eigenvalue weighted by molar-refractivity contribution is 7.10. The van der Waals surface area contributed by atoms with Crippen LogP contribution in [0.2, 0.25) is 0 Å². The minimum Gasteiger partial charge on any atom is -0.395 e. The molecule has 0 unspecified atom stereocenters. The summed E-state index contributed by atoms with van der Waals surface area (Å²) in [6, 6.07) is 2.11. The molecule has 0 amide bonds. The molecule has 0 bridgehead atoms. The second kappa shape index (κ2) is 8.37. The van der Waals surface area contributed by atoms with Crippen LogP contribution in [0.25, 0.3) is 0 Å². The number of likely N-dealkylation sites (tertiary alicyclic amines) is 1. The van der Waals surface area contributed by atoms with Gasteiger partial charge in [0.25, 0.3) is 0 Å². The average Bonchev–Trinajstić information content (AvgIpc) is 2.80. The van der Waals surface area contributed by atoms with E-state index in [0.717, 1.165) is 12.1 Å². The third-order valence-electron chi connectivity index (χ3n) is 3.52. The Morgan fingerprint density at radius 1 is 1.16 bits per heavy atom. The third kappa shape index (κ3) is 4.99. The van der Waals surface area contributed by atoms with Crippen molar-refractivity contribution in [2.45, 2.75) is 45.1 Å². The molecule has 0 radical (unpaired) electrons. The van der Waals surface area contributed by atoms with Gasteiger partial charge >= 0.3 is 0 Å². The highest BCUT2D eigenvalue weighted by Gasteiger charge is 2.11. The molecule has 1 saturated heterocycles. The number of thiophene rings is 1. The summed E-state index contributed by atoms with van der Waals surface area (Å²) in [6.45, 7) is 3.64. The van der Waals surface area contributed by atoms with Crippen LogP contribution in [0.5, 0.6) is 0 Å². The highest BCUT2D eigenvalue weighted by atomic mass is 32.1. The van der Waals surface area contributed by atoms with Gasteiger partial charge in [-0.15, -0.1) is 11.3 Å². The monoisotopic (exact) mass is 277 g/mol. The molecule has 1 aliphatic rings. The van der Waals surface area contributed by atoms with Crippen molar-refractivity contribution in [1.29, 1.82) is 0 Å². The van der Waals surface area contributed by atoms with E-state index in [2.05, 4.69) is 28.2 Å². The lowest BCUT2D eigenvalue weighted by molar-refractivity contribution is 0.241. The van der Waals surface area contributed by atoms with E-state index >= 15 is 0 Å². The van der Waals surface area contributed by atoms with Crippen molar-refractivity contribution in [2.24, 2.45) is 0 Å². The van der Waals surface area contributed by atoms with Crippen LogP contribution < -0.4 is 0 Å². The molecule has 1 N–H and O–H groups in total. The summed E-state index contributed by atoms with van der Waals surface area (Å²) in [7, 11) is 0. The Morgan fingerprint density at radius 3 is 2.63 bits per heavy atom. The van der Waals surface area contributed by atoms with Crippen LogP contribution in [0, 0.1) is 11.8 Å². The van der Waals surface area contributed by atoms with Crippen LogP contribution in [-0.4, -0.2) is 29.7 Å². The van der Waals surface area contributed by atoms with E-state index < -0.39 is 0 Å². The zero-order valence-corrected chi connectivity index (χ0v) is 12.3. The topological polar surface area (TPSA) is 23.5 Å². The van der Waals surface area contributed by atoms with Gasteiger partial charge in [0.15, 0.2) is 0 Å². The van der Waals surface area contributed by atoms with E-state index in [1.165, 1.54) is 50.1 Å². The minimum absolute atomic E-state index is 0.151. The van der Waals surface area contributed by atoms with Gasteiger partial charge in [0, 0.05) is 23.4 Å². The molecule has 0 saturated carbocycles. The van der Waals surface area contributed by atoms with Crippen molar-refractivity contribution < 1.29 is 5.11 Å². The number of aliphatic hydroxyl groups is 1. The molecule has 1 aliphatic heterocycles. The van der Waals surface area contributed by atoms with E-state index in [1.807, 2.05) is 0 Å². The van der Waals surface area contributed by atoms with Crippen LogP contribution in [0.1, 0.15) is 49.0 Å². The SMILES string of the molecule is OCCC#Cc1ccsc1CN1CCCCCCC1. The summed E-state index contributed by atoms with van der Waals surface area (Å²) in [6.07, 6.45) is 7.39. The van der Waals surface area contributed by atoms with Gasteiger partial charge in [-0.3, -0.25) is 4.90 Å². The largest absolute Gasteiger partial charge is 0.395 e. The Hall–Kier alpha value is -0.820. The normalized spacial score (nSPS) is 17.3. The number of nitrogens with zero attached hydrogens (tertiary/aromatic N) is 1. The second-order valence-corrected chi connectivity index (χ2v) is 6.08. The first-order valence-electron chi connectivity index (χ1n) is 7.28. The minimum atomic E-state index is 0.151. The standard InChI is InChI=1S/C16H23NOS/c18-12-7-4-8-15-9-13-19-16(15)14-17-10-5-2-1-3-6-11-17/h9,13,18H,1-3,5-7,10-12,14H2. The Labute approximate surface area is 120 Å². The van der Waals surface area contributed by atoms with E-state index in [1.54, 1.807) is 11.3 Å². The van der Waals surface area contributed by atoms with Gasteiger partial charge in [0.05, 0.1) is 6.61 Å². The van der Waals surface area contributed by atoms with E-state index in [9.17, 15) is 0 Å². The molecule has 2 heterocycles. The quantitative estimate of drug-likeness (QED) is 0.857. The molecule has 1 fully saturated rings. The fraction of sp³-hybridized carbons (Fsp3) is 0.625. The Morgan fingerprint density at radius 2 is 1.89 bits per heavy atom. The molecular formula is C16H23NOS. The number of rotatable bonds is 3. The van der Waals surface area contributed by atoms with E-state index in [-0.39, 0.29) is 6.61 Å². The van der Waals surface area contributed by atoms with E-state index in [4.69, 9.17) is 5.11 Å². The predicted octanol–water partition coefficient (Wildman–Crippen LogP) is 3.25. The number of aliphatic hydroxyl groups excluding tert-OH is 1. The maximum absolute atomic E-state index is 8.77. The Balaban J connectivity index is 1.94. The van der Waals surface area contributed by atoms with E-state index in [0.29, 0.717) is 6.42 Å². The van der Waals surface area contributed by atoms with Gasteiger partial charge in [-0.05, 0) is 37.4 Å². The van der Waals surface area contributed by atoms with Gasteiger partial charge in [-0.1, -0.05) is 31.1 Å². The van der Waals surface area contributed by atoms with Crippen LogP contribution in [-0.2, 0) is 6.54 Å². The van der Waals surface area contributed by atoms with Crippen molar-refractivity contribution >= 4 is 11.3 Å². The number of hydrogen-bond donors (Lipinski definition) is 1. The molecule has 0 spiro atoms. The molecule has 1 aromatic rings. The Kier molecular flexibility index (Phi) is 6.43. The van der Waals surface area contributed by atoms with Crippen molar-refractivity contribution in [3.05, 3.63) is 21.9 Å². The zero-order valence-electron chi connectivity index (χ0n) is 11.5. The van der Waals surface area contributed by atoms with Gasteiger partial charge in [-0.2, -0.15) is 0 Å².